The van der Waals surface area contributed by atoms with Gasteiger partial charge in [0.2, 0.25) is 0 Å². The molecule has 5 nitrogen and oxygen atoms in total. The highest BCUT2D eigenvalue weighted by molar-refractivity contribution is 5.47. The third-order valence-corrected chi connectivity index (χ3v) is 4.18. The molecule has 1 saturated carbocycles. The summed E-state index contributed by atoms with van der Waals surface area (Å²) in [7, 11) is 0. The number of carbonyl (C=O) groups excluding carboxylic acids is 1. The molecule has 0 saturated heterocycles. The van der Waals surface area contributed by atoms with E-state index in [1.54, 1.807) is 0 Å². The summed E-state index contributed by atoms with van der Waals surface area (Å²) in [5.41, 5.74) is -0.649. The standard InChI is InChI=1S/C16H15F4NO4/c17-14(18)24-12-2-1-10(7-13(12)25-15(19)20)16(8-21)5-3-11(4-6-16)23-9-22/h1-2,7,9,11,14-15H,3-6H2. The zero-order valence-electron chi connectivity index (χ0n) is 13.0. The van der Waals surface area contributed by atoms with Crippen LogP contribution in [0.2, 0.25) is 0 Å². The summed E-state index contributed by atoms with van der Waals surface area (Å²) in [4.78, 5) is 10.4. The monoisotopic (exact) mass is 361 g/mol. The molecule has 25 heavy (non-hydrogen) atoms. The van der Waals surface area contributed by atoms with Crippen LogP contribution in [0.25, 0.3) is 0 Å². The summed E-state index contributed by atoms with van der Waals surface area (Å²) >= 11 is 0. The van der Waals surface area contributed by atoms with E-state index in [0.29, 0.717) is 37.7 Å². The van der Waals surface area contributed by atoms with Crippen molar-refractivity contribution < 1.29 is 36.6 Å². The van der Waals surface area contributed by atoms with E-state index >= 15 is 0 Å². The smallest absolute Gasteiger partial charge is 0.387 e. The van der Waals surface area contributed by atoms with E-state index in [9.17, 15) is 27.6 Å². The lowest BCUT2D eigenvalue weighted by Crippen LogP contribution is -2.33. The summed E-state index contributed by atoms with van der Waals surface area (Å²) in [5, 5.41) is 9.60. The largest absolute Gasteiger partial charge is 0.465 e. The lowest BCUT2D eigenvalue weighted by molar-refractivity contribution is -0.135. The number of alkyl halides is 4. The second-order valence-electron chi connectivity index (χ2n) is 5.54. The van der Waals surface area contributed by atoms with Crippen LogP contribution in [0.4, 0.5) is 17.6 Å². The molecule has 0 aromatic heterocycles. The van der Waals surface area contributed by atoms with Gasteiger partial charge in [0.1, 0.15) is 6.10 Å². The van der Waals surface area contributed by atoms with Gasteiger partial charge in [-0.3, -0.25) is 4.79 Å². The molecule has 0 N–H and O–H groups in total. The van der Waals surface area contributed by atoms with Crippen LogP contribution in [-0.2, 0) is 14.9 Å². The van der Waals surface area contributed by atoms with Gasteiger partial charge in [0.15, 0.2) is 11.5 Å². The predicted octanol–water partition coefficient (Wildman–Crippen LogP) is 3.77. The van der Waals surface area contributed by atoms with Crippen molar-refractivity contribution >= 4 is 6.47 Å². The van der Waals surface area contributed by atoms with Crippen molar-refractivity contribution in [3.8, 4) is 17.6 Å². The zero-order valence-corrected chi connectivity index (χ0v) is 13.0. The first kappa shape index (κ1) is 18.8. The number of ether oxygens (including phenoxy) is 3. The van der Waals surface area contributed by atoms with Gasteiger partial charge in [-0.1, -0.05) is 6.07 Å². The molecule has 0 spiro atoms. The van der Waals surface area contributed by atoms with Gasteiger partial charge < -0.3 is 14.2 Å². The van der Waals surface area contributed by atoms with E-state index in [-0.39, 0.29) is 6.10 Å². The molecule has 0 unspecified atom stereocenters. The number of hydrogen-bond donors (Lipinski definition) is 0. The van der Waals surface area contributed by atoms with Crippen LogP contribution < -0.4 is 9.47 Å². The Hall–Kier alpha value is -2.50. The fourth-order valence-electron chi connectivity index (χ4n) is 2.95. The maximum absolute atomic E-state index is 12.5. The van der Waals surface area contributed by atoms with E-state index in [0.717, 1.165) is 12.1 Å². The number of benzene rings is 1. The molecule has 9 heteroatoms. The fourth-order valence-corrected chi connectivity index (χ4v) is 2.95. The molecule has 0 atom stereocenters. The molecular weight excluding hydrogens is 346 g/mol. The van der Waals surface area contributed by atoms with Crippen LogP contribution in [0, 0.1) is 11.3 Å². The van der Waals surface area contributed by atoms with E-state index in [4.69, 9.17) is 4.74 Å². The van der Waals surface area contributed by atoms with Crippen molar-refractivity contribution in [3.63, 3.8) is 0 Å². The molecule has 0 radical (unpaired) electrons. The Labute approximate surface area is 141 Å². The third-order valence-electron chi connectivity index (χ3n) is 4.18. The Morgan fingerprint density at radius 2 is 1.72 bits per heavy atom. The van der Waals surface area contributed by atoms with Gasteiger partial charge in [0, 0.05) is 0 Å². The van der Waals surface area contributed by atoms with Crippen LogP contribution in [-0.4, -0.2) is 25.8 Å². The van der Waals surface area contributed by atoms with Crippen LogP contribution in [0.5, 0.6) is 11.5 Å². The van der Waals surface area contributed by atoms with E-state index < -0.39 is 30.1 Å². The summed E-state index contributed by atoms with van der Waals surface area (Å²) < 4.78 is 63.2. The SMILES string of the molecule is N#CC1(c2ccc(OC(F)F)c(OC(F)F)c2)CCC(OC=O)CC1. The Balaban J connectivity index is 2.30. The first-order valence-corrected chi connectivity index (χ1v) is 7.44. The Bertz CT molecular complexity index is 640. The van der Waals surface area contributed by atoms with Crippen molar-refractivity contribution in [3.05, 3.63) is 23.8 Å². The average Bonchev–Trinajstić information content (AvgIpc) is 2.57. The fraction of sp³-hybridized carbons (Fsp3) is 0.500. The molecule has 1 aromatic carbocycles. The molecule has 1 fully saturated rings. The van der Waals surface area contributed by atoms with Crippen molar-refractivity contribution in [2.24, 2.45) is 0 Å². The zero-order chi connectivity index (χ0) is 18.4. The molecule has 0 bridgehead atoms. The summed E-state index contributed by atoms with van der Waals surface area (Å²) in [6, 6.07) is 5.73. The first-order chi connectivity index (χ1) is 11.9. The Kier molecular flexibility index (Phi) is 6.07. The number of rotatable bonds is 7. The molecular formula is C16H15F4NO4. The second-order valence-corrected chi connectivity index (χ2v) is 5.54. The van der Waals surface area contributed by atoms with E-state index in [1.807, 2.05) is 0 Å². The molecule has 0 heterocycles. The van der Waals surface area contributed by atoms with Crippen LogP contribution in [0.3, 0.4) is 0 Å². The number of carbonyl (C=O) groups is 1. The van der Waals surface area contributed by atoms with Gasteiger partial charge in [-0.05, 0) is 43.4 Å². The minimum atomic E-state index is -3.23. The highest BCUT2D eigenvalue weighted by atomic mass is 19.3. The van der Waals surface area contributed by atoms with Gasteiger partial charge in [-0.2, -0.15) is 22.8 Å². The summed E-state index contributed by atoms with van der Waals surface area (Å²) in [6.45, 7) is -6.09. The average molecular weight is 361 g/mol. The van der Waals surface area contributed by atoms with Crippen molar-refractivity contribution in [1.82, 2.24) is 0 Å². The molecule has 0 aliphatic heterocycles. The van der Waals surface area contributed by atoms with Crippen molar-refractivity contribution in [2.45, 2.75) is 50.4 Å². The van der Waals surface area contributed by atoms with Crippen LogP contribution in [0.1, 0.15) is 31.2 Å². The second kappa shape index (κ2) is 8.05. The molecule has 1 aliphatic carbocycles. The van der Waals surface area contributed by atoms with Crippen LogP contribution >= 0.6 is 0 Å². The molecule has 0 amide bonds. The number of hydrogen-bond acceptors (Lipinski definition) is 5. The van der Waals surface area contributed by atoms with Gasteiger partial charge in [-0.25, -0.2) is 0 Å². The predicted molar refractivity (Wildman–Crippen MR) is 76.4 cm³/mol. The highest BCUT2D eigenvalue weighted by Crippen LogP contribution is 2.43. The lowest BCUT2D eigenvalue weighted by atomic mass is 9.69. The quantitative estimate of drug-likeness (QED) is 0.546. The van der Waals surface area contributed by atoms with Gasteiger partial charge >= 0.3 is 13.2 Å². The topological polar surface area (TPSA) is 68.6 Å². The summed E-state index contributed by atoms with van der Waals surface area (Å²) in [6.07, 6.45) is 1.19. The lowest BCUT2D eigenvalue weighted by Gasteiger charge is -2.34. The van der Waals surface area contributed by atoms with Crippen molar-refractivity contribution in [1.29, 1.82) is 5.26 Å². The maximum Gasteiger partial charge on any atom is 0.387 e. The minimum Gasteiger partial charge on any atom is -0.465 e. The van der Waals surface area contributed by atoms with Crippen LogP contribution in [0.15, 0.2) is 18.2 Å². The molecule has 1 aromatic rings. The molecule has 1 aliphatic rings. The van der Waals surface area contributed by atoms with Gasteiger partial charge in [-0.15, -0.1) is 0 Å². The van der Waals surface area contributed by atoms with Crippen molar-refractivity contribution in [2.75, 3.05) is 0 Å². The maximum atomic E-state index is 12.5. The minimum absolute atomic E-state index is 0.308. The number of nitriles is 1. The Morgan fingerprint density at radius 1 is 1.12 bits per heavy atom. The Morgan fingerprint density at radius 3 is 2.24 bits per heavy atom. The normalized spacial score (nSPS) is 23.2. The first-order valence-electron chi connectivity index (χ1n) is 7.44. The molecule has 136 valence electrons. The van der Waals surface area contributed by atoms with Gasteiger partial charge in [0.05, 0.1) is 11.5 Å². The van der Waals surface area contributed by atoms with Gasteiger partial charge in [0.25, 0.3) is 6.47 Å². The summed E-state index contributed by atoms with van der Waals surface area (Å²) in [5.74, 6) is -1.10. The van der Waals surface area contributed by atoms with E-state index in [2.05, 4.69) is 15.5 Å². The van der Waals surface area contributed by atoms with E-state index in [1.165, 1.54) is 6.07 Å². The number of nitrogens with zero attached hydrogens (tertiary/aromatic N) is 1. The number of halogens is 4. The molecule has 2 rings (SSSR count). The third kappa shape index (κ3) is 4.53. The highest BCUT2D eigenvalue weighted by Gasteiger charge is 2.38.